The lowest BCUT2D eigenvalue weighted by Crippen LogP contribution is -2.36. The number of aromatic nitrogens is 1. The number of hydrogen-bond donors (Lipinski definition) is 0. The molecule has 0 saturated carbocycles. The van der Waals surface area contributed by atoms with Crippen molar-refractivity contribution < 1.29 is 14.3 Å². The molecular formula is C21H16N2O3S. The molecule has 1 aliphatic heterocycles. The minimum atomic E-state index is -0.734. The van der Waals surface area contributed by atoms with Gasteiger partial charge in [0.05, 0.1) is 10.2 Å². The molecule has 0 aliphatic carbocycles. The summed E-state index contributed by atoms with van der Waals surface area (Å²) in [6.07, 6.45) is -0.734. The van der Waals surface area contributed by atoms with E-state index < -0.39 is 6.10 Å². The Bertz CT molecular complexity index is 1260. The SMILES string of the molecule is Cn1c(=NC(=O)[C@@H]2COc3ccccc3O2)sc2c3ccccc3ccc21. The summed E-state index contributed by atoms with van der Waals surface area (Å²) >= 11 is 1.51. The van der Waals surface area contributed by atoms with Gasteiger partial charge in [0.15, 0.2) is 16.3 Å². The van der Waals surface area contributed by atoms with Crippen LogP contribution in [0.3, 0.4) is 0 Å². The van der Waals surface area contributed by atoms with Gasteiger partial charge in [-0.05, 0) is 23.6 Å². The van der Waals surface area contributed by atoms with E-state index >= 15 is 0 Å². The standard InChI is InChI=1S/C21H16N2O3S/c1-23-15-11-10-13-6-2-3-7-14(13)19(15)27-21(23)22-20(24)18-12-25-16-8-4-5-9-17(16)26-18/h2-11,18H,12H2,1H3/t18-/m0/s1. The van der Waals surface area contributed by atoms with Gasteiger partial charge in [-0.2, -0.15) is 4.99 Å². The lowest BCUT2D eigenvalue weighted by Gasteiger charge is -2.23. The maximum atomic E-state index is 12.7. The Morgan fingerprint density at radius 1 is 1.07 bits per heavy atom. The second-order valence-corrected chi connectivity index (χ2v) is 7.37. The summed E-state index contributed by atoms with van der Waals surface area (Å²) in [4.78, 5) is 17.7. The van der Waals surface area contributed by atoms with Crippen molar-refractivity contribution in [2.24, 2.45) is 12.0 Å². The molecule has 1 atom stereocenters. The summed E-state index contributed by atoms with van der Waals surface area (Å²) in [5.74, 6) is 0.889. The van der Waals surface area contributed by atoms with Crippen LogP contribution in [0, 0.1) is 0 Å². The van der Waals surface area contributed by atoms with Crippen molar-refractivity contribution in [3.05, 3.63) is 65.5 Å². The minimum Gasteiger partial charge on any atom is -0.485 e. The number of amides is 1. The molecule has 1 aromatic heterocycles. The zero-order valence-electron chi connectivity index (χ0n) is 14.6. The van der Waals surface area contributed by atoms with Crippen LogP contribution in [0.1, 0.15) is 0 Å². The van der Waals surface area contributed by atoms with E-state index in [2.05, 4.69) is 29.3 Å². The van der Waals surface area contributed by atoms with Gasteiger partial charge in [-0.15, -0.1) is 0 Å². The number of thiazole rings is 1. The molecule has 0 N–H and O–H groups in total. The molecule has 5 rings (SSSR count). The van der Waals surface area contributed by atoms with Crippen molar-refractivity contribution in [2.45, 2.75) is 6.10 Å². The number of benzene rings is 3. The van der Waals surface area contributed by atoms with E-state index in [0.29, 0.717) is 16.3 Å². The highest BCUT2D eigenvalue weighted by molar-refractivity contribution is 7.17. The monoisotopic (exact) mass is 376 g/mol. The van der Waals surface area contributed by atoms with E-state index in [1.165, 1.54) is 16.7 Å². The van der Waals surface area contributed by atoms with Crippen molar-refractivity contribution in [3.63, 3.8) is 0 Å². The highest BCUT2D eigenvalue weighted by Gasteiger charge is 2.27. The zero-order chi connectivity index (χ0) is 18.4. The molecule has 6 heteroatoms. The number of carbonyl (C=O) groups excluding carboxylic acids is 1. The molecule has 0 spiro atoms. The van der Waals surface area contributed by atoms with E-state index in [1.54, 1.807) is 6.07 Å². The number of carbonyl (C=O) groups is 1. The van der Waals surface area contributed by atoms with Crippen molar-refractivity contribution in [1.29, 1.82) is 0 Å². The van der Waals surface area contributed by atoms with E-state index in [0.717, 1.165) is 15.6 Å². The maximum Gasteiger partial charge on any atom is 0.292 e. The van der Waals surface area contributed by atoms with Gasteiger partial charge in [0.1, 0.15) is 6.61 Å². The van der Waals surface area contributed by atoms with Crippen LogP contribution in [-0.4, -0.2) is 23.2 Å². The molecule has 27 heavy (non-hydrogen) atoms. The average Bonchev–Trinajstić information content (AvgIpc) is 3.03. The molecule has 0 fully saturated rings. The summed E-state index contributed by atoms with van der Waals surface area (Å²) in [7, 11) is 1.92. The number of para-hydroxylation sites is 2. The van der Waals surface area contributed by atoms with Crippen LogP contribution >= 0.6 is 11.3 Å². The molecular weight excluding hydrogens is 360 g/mol. The van der Waals surface area contributed by atoms with Gasteiger partial charge in [0, 0.05) is 12.4 Å². The van der Waals surface area contributed by atoms with Crippen LogP contribution in [0.25, 0.3) is 21.0 Å². The first kappa shape index (κ1) is 16.1. The van der Waals surface area contributed by atoms with Gasteiger partial charge in [-0.3, -0.25) is 4.79 Å². The summed E-state index contributed by atoms with van der Waals surface area (Å²) in [5, 5.41) is 2.33. The predicted molar refractivity (Wildman–Crippen MR) is 105 cm³/mol. The number of ether oxygens (including phenoxy) is 2. The molecule has 0 bridgehead atoms. The van der Waals surface area contributed by atoms with Gasteiger partial charge in [0.25, 0.3) is 5.91 Å². The van der Waals surface area contributed by atoms with Crippen molar-refractivity contribution in [2.75, 3.05) is 6.61 Å². The van der Waals surface area contributed by atoms with Gasteiger partial charge in [0.2, 0.25) is 6.10 Å². The van der Waals surface area contributed by atoms with E-state index in [1.807, 2.05) is 41.9 Å². The van der Waals surface area contributed by atoms with E-state index in [4.69, 9.17) is 9.47 Å². The van der Waals surface area contributed by atoms with Crippen LogP contribution in [0.15, 0.2) is 65.7 Å². The number of hydrogen-bond acceptors (Lipinski definition) is 4. The third-order valence-corrected chi connectivity index (χ3v) is 5.87. The molecule has 1 amide bonds. The summed E-state index contributed by atoms with van der Waals surface area (Å²) in [6.45, 7) is 0.164. The number of rotatable bonds is 1. The fraction of sp³-hybridized carbons (Fsp3) is 0.143. The van der Waals surface area contributed by atoms with Crippen LogP contribution < -0.4 is 14.3 Å². The molecule has 134 valence electrons. The van der Waals surface area contributed by atoms with Crippen LogP contribution in [0.2, 0.25) is 0 Å². The van der Waals surface area contributed by atoms with Crippen molar-refractivity contribution in [1.82, 2.24) is 4.57 Å². The molecule has 1 aliphatic rings. The number of aryl methyl sites for hydroxylation is 1. The first-order chi connectivity index (χ1) is 13.2. The van der Waals surface area contributed by atoms with Gasteiger partial charge >= 0.3 is 0 Å². The maximum absolute atomic E-state index is 12.7. The Morgan fingerprint density at radius 2 is 1.85 bits per heavy atom. The van der Waals surface area contributed by atoms with Crippen molar-refractivity contribution in [3.8, 4) is 11.5 Å². The third-order valence-electron chi connectivity index (χ3n) is 4.69. The fourth-order valence-electron chi connectivity index (χ4n) is 3.27. The lowest BCUT2D eigenvalue weighted by molar-refractivity contribution is -0.127. The number of fused-ring (bicyclic) bond motifs is 4. The topological polar surface area (TPSA) is 52.8 Å². The molecule has 0 unspecified atom stereocenters. The Hall–Kier alpha value is -3.12. The molecule has 3 aromatic carbocycles. The second-order valence-electron chi connectivity index (χ2n) is 6.39. The Balaban J connectivity index is 1.55. The van der Waals surface area contributed by atoms with Gasteiger partial charge in [-0.1, -0.05) is 53.8 Å². The highest BCUT2D eigenvalue weighted by Crippen LogP contribution is 2.31. The summed E-state index contributed by atoms with van der Waals surface area (Å²) < 4.78 is 14.5. The van der Waals surface area contributed by atoms with Crippen molar-refractivity contribution >= 4 is 38.2 Å². The number of nitrogens with zero attached hydrogens (tertiary/aromatic N) is 2. The average molecular weight is 376 g/mol. The minimum absolute atomic E-state index is 0.164. The van der Waals surface area contributed by atoms with Crippen LogP contribution in [0.5, 0.6) is 11.5 Å². The first-order valence-electron chi connectivity index (χ1n) is 8.65. The quantitative estimate of drug-likeness (QED) is 0.509. The molecule has 4 aromatic rings. The highest BCUT2D eigenvalue weighted by atomic mass is 32.1. The largest absolute Gasteiger partial charge is 0.485 e. The zero-order valence-corrected chi connectivity index (χ0v) is 15.4. The first-order valence-corrected chi connectivity index (χ1v) is 9.47. The fourth-order valence-corrected chi connectivity index (χ4v) is 4.43. The Labute approximate surface area is 159 Å². The summed E-state index contributed by atoms with van der Waals surface area (Å²) in [5.41, 5.74) is 1.05. The second kappa shape index (κ2) is 6.25. The smallest absolute Gasteiger partial charge is 0.292 e. The van der Waals surface area contributed by atoms with E-state index in [-0.39, 0.29) is 12.5 Å². The van der Waals surface area contributed by atoms with E-state index in [9.17, 15) is 4.79 Å². The van der Waals surface area contributed by atoms with Gasteiger partial charge < -0.3 is 14.0 Å². The summed E-state index contributed by atoms with van der Waals surface area (Å²) in [6, 6.07) is 19.7. The van der Waals surface area contributed by atoms with Gasteiger partial charge in [-0.25, -0.2) is 0 Å². The third kappa shape index (κ3) is 2.69. The Morgan fingerprint density at radius 3 is 2.74 bits per heavy atom. The molecule has 2 heterocycles. The molecule has 5 nitrogen and oxygen atoms in total. The lowest BCUT2D eigenvalue weighted by atomic mass is 10.1. The molecule has 0 radical (unpaired) electrons. The predicted octanol–water partition coefficient (Wildman–Crippen LogP) is 3.66. The molecule has 0 saturated heterocycles. The van der Waals surface area contributed by atoms with Crippen LogP contribution in [0.4, 0.5) is 0 Å². The normalized spacial score (nSPS) is 16.8. The Kier molecular flexibility index (Phi) is 3.72. The van der Waals surface area contributed by atoms with Crippen LogP contribution in [-0.2, 0) is 11.8 Å².